The molecule has 0 amide bonds. The molecule has 2 nitrogen and oxygen atoms in total. The minimum atomic E-state index is 0.0668. The van der Waals surface area contributed by atoms with Gasteiger partial charge in [-0.15, -0.1) is 0 Å². The molecular weight excluding hydrogens is 404 g/mol. The molecule has 2 aliphatic rings. The minimum Gasteiger partial charge on any atom is -0.456 e. The molecule has 2 heteroatoms. The molecule has 0 saturated carbocycles. The molecule has 0 atom stereocenters. The average Bonchev–Trinajstić information content (AvgIpc) is 2.90. The van der Waals surface area contributed by atoms with E-state index in [2.05, 4.69) is 12.2 Å². The molecule has 4 aromatic carbocycles. The van der Waals surface area contributed by atoms with Gasteiger partial charge in [-0.3, -0.25) is 4.79 Å². The van der Waals surface area contributed by atoms with Crippen molar-refractivity contribution in [2.24, 2.45) is 0 Å². The smallest absolute Gasteiger partial charge is 0.194 e. The van der Waals surface area contributed by atoms with Crippen LogP contribution in [0.5, 0.6) is 0 Å². The van der Waals surface area contributed by atoms with Gasteiger partial charge < -0.3 is 4.74 Å². The lowest BCUT2D eigenvalue weighted by Crippen LogP contribution is -2.15. The standard InChI is InChI=1S/C31H20O2/c32-31-26-17-9-7-15-24(26)30(25-16-8-10-18-27(25)31)23-19-28(21-11-3-1-4-12-21)33-29(20-23)22-13-5-2-6-14-22/h1-20H. The second-order valence-corrected chi connectivity index (χ2v) is 8.10. The number of allylic oxidation sites excluding steroid dienone is 3. The largest absolute Gasteiger partial charge is 0.456 e. The highest BCUT2D eigenvalue weighted by molar-refractivity contribution is 6.19. The van der Waals surface area contributed by atoms with Crippen molar-refractivity contribution in [1.82, 2.24) is 0 Å². The number of rotatable bonds is 2. The first-order chi connectivity index (χ1) is 16.3. The van der Waals surface area contributed by atoms with E-state index < -0.39 is 0 Å². The van der Waals surface area contributed by atoms with Gasteiger partial charge in [0.15, 0.2) is 5.78 Å². The van der Waals surface area contributed by atoms with E-state index in [0.717, 1.165) is 56.0 Å². The van der Waals surface area contributed by atoms with Crippen LogP contribution >= 0.6 is 0 Å². The van der Waals surface area contributed by atoms with E-state index in [0.29, 0.717) is 0 Å². The van der Waals surface area contributed by atoms with Gasteiger partial charge in [0.05, 0.1) is 0 Å². The van der Waals surface area contributed by atoms with Crippen LogP contribution in [0.3, 0.4) is 0 Å². The first-order valence-corrected chi connectivity index (χ1v) is 11.0. The summed E-state index contributed by atoms with van der Waals surface area (Å²) in [5, 5.41) is 0. The zero-order valence-corrected chi connectivity index (χ0v) is 17.9. The topological polar surface area (TPSA) is 26.3 Å². The van der Waals surface area contributed by atoms with Crippen LogP contribution in [0, 0.1) is 0 Å². The van der Waals surface area contributed by atoms with Crippen molar-refractivity contribution in [1.29, 1.82) is 0 Å². The highest BCUT2D eigenvalue weighted by Gasteiger charge is 2.29. The zero-order valence-electron chi connectivity index (χ0n) is 17.9. The predicted octanol–water partition coefficient (Wildman–Crippen LogP) is 7.15. The number of benzene rings is 4. The Morgan fingerprint density at radius 1 is 0.455 bits per heavy atom. The minimum absolute atomic E-state index is 0.0668. The monoisotopic (exact) mass is 424 g/mol. The quantitative estimate of drug-likeness (QED) is 0.301. The van der Waals surface area contributed by atoms with Crippen LogP contribution < -0.4 is 0 Å². The van der Waals surface area contributed by atoms with E-state index in [-0.39, 0.29) is 5.78 Å². The summed E-state index contributed by atoms with van der Waals surface area (Å²) in [7, 11) is 0. The van der Waals surface area contributed by atoms with Crippen molar-refractivity contribution in [3.8, 4) is 0 Å². The Bertz CT molecular complexity index is 1360. The lowest BCUT2D eigenvalue weighted by molar-refractivity contribution is 0.103. The normalized spacial score (nSPS) is 14.6. The molecule has 0 radical (unpaired) electrons. The molecule has 6 rings (SSSR count). The third-order valence-corrected chi connectivity index (χ3v) is 6.08. The highest BCUT2D eigenvalue weighted by atomic mass is 16.5. The third kappa shape index (κ3) is 3.33. The molecule has 0 spiro atoms. The third-order valence-electron chi connectivity index (χ3n) is 6.08. The SMILES string of the molecule is O=C1c2ccccc2C(=C2C=C(c3ccccc3)OC(c3ccccc3)=C2)c2ccccc21. The van der Waals surface area contributed by atoms with Crippen LogP contribution in [0.2, 0.25) is 0 Å². The molecular formula is C31H20O2. The summed E-state index contributed by atoms with van der Waals surface area (Å²) in [6.07, 6.45) is 4.17. The van der Waals surface area contributed by atoms with Crippen LogP contribution in [0.1, 0.15) is 38.2 Å². The number of carbonyl (C=O) groups is 1. The second-order valence-electron chi connectivity index (χ2n) is 8.10. The Hall–Kier alpha value is -4.43. The van der Waals surface area contributed by atoms with Crippen molar-refractivity contribution >= 4 is 22.9 Å². The maximum Gasteiger partial charge on any atom is 0.194 e. The van der Waals surface area contributed by atoms with Gasteiger partial charge in [-0.1, -0.05) is 109 Å². The number of hydrogen-bond acceptors (Lipinski definition) is 2. The van der Waals surface area contributed by atoms with Crippen molar-refractivity contribution in [3.63, 3.8) is 0 Å². The van der Waals surface area contributed by atoms with Crippen LogP contribution in [0.4, 0.5) is 0 Å². The summed E-state index contributed by atoms with van der Waals surface area (Å²) in [5.41, 5.74) is 7.44. The number of hydrogen-bond donors (Lipinski definition) is 0. The van der Waals surface area contributed by atoms with Crippen molar-refractivity contribution in [2.75, 3.05) is 0 Å². The molecule has 156 valence electrons. The van der Waals surface area contributed by atoms with E-state index in [1.165, 1.54) is 0 Å². The maximum absolute atomic E-state index is 13.2. The summed E-state index contributed by atoms with van der Waals surface area (Å²) in [6, 6.07) is 36.0. The van der Waals surface area contributed by atoms with E-state index in [1.807, 2.05) is 109 Å². The fourth-order valence-corrected chi connectivity index (χ4v) is 4.53. The first-order valence-electron chi connectivity index (χ1n) is 11.0. The molecule has 0 fully saturated rings. The van der Waals surface area contributed by atoms with Gasteiger partial charge in [-0.25, -0.2) is 0 Å². The van der Waals surface area contributed by atoms with Crippen LogP contribution in [0.15, 0.2) is 127 Å². The molecule has 1 aliphatic heterocycles. The summed E-state index contributed by atoms with van der Waals surface area (Å²) < 4.78 is 6.40. The number of ketones is 1. The van der Waals surface area contributed by atoms with Gasteiger partial charge in [0.2, 0.25) is 0 Å². The van der Waals surface area contributed by atoms with E-state index in [4.69, 9.17) is 4.74 Å². The Kier molecular flexibility index (Phi) is 4.63. The summed E-state index contributed by atoms with van der Waals surface area (Å²) in [4.78, 5) is 13.2. The van der Waals surface area contributed by atoms with E-state index >= 15 is 0 Å². The number of ether oxygens (including phenoxy) is 1. The molecule has 0 N–H and O–H groups in total. The van der Waals surface area contributed by atoms with Crippen molar-refractivity contribution < 1.29 is 9.53 Å². The highest BCUT2D eigenvalue weighted by Crippen LogP contribution is 2.42. The zero-order chi connectivity index (χ0) is 22.2. The number of carbonyl (C=O) groups excluding carboxylic acids is 1. The molecule has 1 heterocycles. The lowest BCUT2D eigenvalue weighted by Gasteiger charge is -2.26. The number of fused-ring (bicyclic) bond motifs is 2. The van der Waals surface area contributed by atoms with Crippen LogP contribution in [0.25, 0.3) is 17.1 Å². The van der Waals surface area contributed by atoms with E-state index in [9.17, 15) is 4.79 Å². The molecule has 0 bridgehead atoms. The van der Waals surface area contributed by atoms with E-state index in [1.54, 1.807) is 0 Å². The Morgan fingerprint density at radius 2 is 0.848 bits per heavy atom. The first kappa shape index (κ1) is 19.3. The molecule has 33 heavy (non-hydrogen) atoms. The van der Waals surface area contributed by atoms with Gasteiger partial charge >= 0.3 is 0 Å². The molecule has 0 aromatic heterocycles. The second kappa shape index (κ2) is 7.92. The Morgan fingerprint density at radius 3 is 1.30 bits per heavy atom. The van der Waals surface area contributed by atoms with Gasteiger partial charge in [0, 0.05) is 22.3 Å². The van der Waals surface area contributed by atoms with Gasteiger partial charge in [0.25, 0.3) is 0 Å². The summed E-state index contributed by atoms with van der Waals surface area (Å²) in [6.45, 7) is 0. The summed E-state index contributed by atoms with van der Waals surface area (Å²) in [5.74, 6) is 1.63. The van der Waals surface area contributed by atoms with Gasteiger partial charge in [-0.05, 0) is 34.4 Å². The Labute approximate surface area is 192 Å². The fourth-order valence-electron chi connectivity index (χ4n) is 4.53. The average molecular weight is 424 g/mol. The van der Waals surface area contributed by atoms with Crippen LogP contribution in [-0.2, 0) is 4.74 Å². The summed E-state index contributed by atoms with van der Waals surface area (Å²) >= 11 is 0. The lowest BCUT2D eigenvalue weighted by atomic mass is 9.78. The molecule has 4 aromatic rings. The van der Waals surface area contributed by atoms with Crippen molar-refractivity contribution in [3.05, 3.63) is 160 Å². The molecule has 0 saturated heterocycles. The predicted molar refractivity (Wildman–Crippen MR) is 132 cm³/mol. The maximum atomic E-state index is 13.2. The molecule has 1 aliphatic carbocycles. The Balaban J connectivity index is 1.66. The van der Waals surface area contributed by atoms with Crippen LogP contribution in [-0.4, -0.2) is 5.78 Å². The molecule has 0 unspecified atom stereocenters. The van der Waals surface area contributed by atoms with Gasteiger partial charge in [0.1, 0.15) is 11.5 Å². The fraction of sp³-hybridized carbons (Fsp3) is 0. The van der Waals surface area contributed by atoms with Gasteiger partial charge in [-0.2, -0.15) is 0 Å². The van der Waals surface area contributed by atoms with Crippen molar-refractivity contribution in [2.45, 2.75) is 0 Å².